The fourth-order valence-corrected chi connectivity index (χ4v) is 2.76. The van der Waals surface area contributed by atoms with Crippen molar-refractivity contribution in [2.75, 3.05) is 14.2 Å². The van der Waals surface area contributed by atoms with Gasteiger partial charge in [-0.1, -0.05) is 6.07 Å². The van der Waals surface area contributed by atoms with Crippen molar-refractivity contribution >= 4 is 23.0 Å². The molecule has 1 aromatic carbocycles. The third-order valence-electron chi connectivity index (χ3n) is 3.35. The van der Waals surface area contributed by atoms with Gasteiger partial charge >= 0.3 is 0 Å². The van der Waals surface area contributed by atoms with E-state index in [2.05, 4.69) is 5.32 Å². The Balaban J connectivity index is 1.83. The minimum absolute atomic E-state index is 0.00261. The zero-order chi connectivity index (χ0) is 16.7. The van der Waals surface area contributed by atoms with Gasteiger partial charge < -0.3 is 14.8 Å². The second-order valence-electron chi connectivity index (χ2n) is 4.85. The molecule has 0 aliphatic heterocycles. The van der Waals surface area contributed by atoms with Crippen molar-refractivity contribution in [3.05, 3.63) is 46.2 Å². The summed E-state index contributed by atoms with van der Waals surface area (Å²) in [5, 5.41) is 4.65. The molecule has 2 rings (SSSR count). The third-order valence-corrected chi connectivity index (χ3v) is 4.26. The van der Waals surface area contributed by atoms with E-state index in [1.54, 1.807) is 26.4 Å². The number of amides is 1. The lowest BCUT2D eigenvalue weighted by atomic mass is 10.1. The fraction of sp³-hybridized carbons (Fsp3) is 0.294. The van der Waals surface area contributed by atoms with Gasteiger partial charge in [0.05, 0.1) is 19.1 Å². The molecule has 0 saturated heterocycles. The summed E-state index contributed by atoms with van der Waals surface area (Å²) in [6.45, 7) is 0.346. The molecule has 0 unspecified atom stereocenters. The summed E-state index contributed by atoms with van der Waals surface area (Å²) < 4.78 is 10.4. The SMILES string of the molecule is COc1ccc(CNC(=O)CCC(=O)c2cccs2)c(OC)c1. The van der Waals surface area contributed by atoms with Crippen LogP contribution in [0.5, 0.6) is 11.5 Å². The summed E-state index contributed by atoms with van der Waals surface area (Å²) in [6.07, 6.45) is 0.390. The number of ether oxygens (including phenoxy) is 2. The van der Waals surface area contributed by atoms with Crippen molar-refractivity contribution in [1.82, 2.24) is 5.32 Å². The van der Waals surface area contributed by atoms with Gasteiger partial charge in [0.2, 0.25) is 5.91 Å². The predicted octanol–water partition coefficient (Wildman–Crippen LogP) is 3.04. The van der Waals surface area contributed by atoms with E-state index in [-0.39, 0.29) is 24.5 Å². The maximum Gasteiger partial charge on any atom is 0.220 e. The summed E-state index contributed by atoms with van der Waals surface area (Å²) in [7, 11) is 3.15. The monoisotopic (exact) mass is 333 g/mol. The van der Waals surface area contributed by atoms with Crippen LogP contribution in [0.2, 0.25) is 0 Å². The minimum atomic E-state index is -0.159. The van der Waals surface area contributed by atoms with Crippen molar-refractivity contribution in [2.24, 2.45) is 0 Å². The Morgan fingerprint density at radius 2 is 1.96 bits per heavy atom. The molecule has 0 bridgehead atoms. The highest BCUT2D eigenvalue weighted by molar-refractivity contribution is 7.12. The first kappa shape index (κ1) is 17.0. The Bertz CT molecular complexity index is 667. The first-order chi connectivity index (χ1) is 11.1. The molecule has 2 aromatic rings. The van der Waals surface area contributed by atoms with Crippen LogP contribution in [0.25, 0.3) is 0 Å². The summed E-state index contributed by atoms with van der Waals surface area (Å²) in [4.78, 5) is 24.4. The molecule has 23 heavy (non-hydrogen) atoms. The normalized spacial score (nSPS) is 10.2. The molecular weight excluding hydrogens is 314 g/mol. The van der Waals surface area contributed by atoms with Gasteiger partial charge in [-0.25, -0.2) is 0 Å². The number of hydrogen-bond acceptors (Lipinski definition) is 5. The van der Waals surface area contributed by atoms with E-state index in [4.69, 9.17) is 9.47 Å². The molecule has 1 amide bonds. The number of methoxy groups -OCH3 is 2. The zero-order valence-corrected chi connectivity index (χ0v) is 13.9. The van der Waals surface area contributed by atoms with Gasteiger partial charge in [0.1, 0.15) is 11.5 Å². The van der Waals surface area contributed by atoms with Gasteiger partial charge in [-0.2, -0.15) is 0 Å². The van der Waals surface area contributed by atoms with E-state index in [1.165, 1.54) is 11.3 Å². The van der Waals surface area contributed by atoms with Crippen LogP contribution in [0.1, 0.15) is 28.1 Å². The molecule has 0 saturated carbocycles. The van der Waals surface area contributed by atoms with E-state index in [0.717, 1.165) is 5.56 Å². The quantitative estimate of drug-likeness (QED) is 0.754. The van der Waals surface area contributed by atoms with Crippen molar-refractivity contribution < 1.29 is 19.1 Å². The van der Waals surface area contributed by atoms with E-state index in [0.29, 0.717) is 22.9 Å². The number of thiophene rings is 1. The van der Waals surface area contributed by atoms with Crippen LogP contribution in [0.3, 0.4) is 0 Å². The molecule has 0 fully saturated rings. The number of carbonyl (C=O) groups is 2. The number of Topliss-reactive ketones (excluding diaryl/α,β-unsaturated/α-hetero) is 1. The van der Waals surface area contributed by atoms with Crippen LogP contribution in [-0.4, -0.2) is 25.9 Å². The molecule has 1 N–H and O–H groups in total. The first-order valence-corrected chi connectivity index (χ1v) is 8.06. The second kappa shape index (κ2) is 8.33. The van der Waals surface area contributed by atoms with Gasteiger partial charge in [0.25, 0.3) is 0 Å². The second-order valence-corrected chi connectivity index (χ2v) is 5.80. The van der Waals surface area contributed by atoms with E-state index < -0.39 is 0 Å². The first-order valence-electron chi connectivity index (χ1n) is 7.18. The average Bonchev–Trinajstić information content (AvgIpc) is 3.12. The molecule has 1 aromatic heterocycles. The topological polar surface area (TPSA) is 64.6 Å². The van der Waals surface area contributed by atoms with Gasteiger partial charge in [0, 0.05) is 31.0 Å². The lowest BCUT2D eigenvalue weighted by molar-refractivity contribution is -0.121. The summed E-state index contributed by atoms with van der Waals surface area (Å²) in [5.74, 6) is 1.18. The Hall–Kier alpha value is -2.34. The smallest absolute Gasteiger partial charge is 0.220 e. The Morgan fingerprint density at radius 3 is 2.61 bits per heavy atom. The molecule has 6 heteroatoms. The molecule has 122 valence electrons. The maximum atomic E-state index is 11.9. The number of carbonyl (C=O) groups excluding carboxylic acids is 2. The van der Waals surface area contributed by atoms with Gasteiger partial charge in [-0.3, -0.25) is 9.59 Å². The number of ketones is 1. The fourth-order valence-electron chi connectivity index (χ4n) is 2.07. The average molecular weight is 333 g/mol. The van der Waals surface area contributed by atoms with E-state index >= 15 is 0 Å². The maximum absolute atomic E-state index is 11.9. The lowest BCUT2D eigenvalue weighted by Crippen LogP contribution is -2.23. The van der Waals surface area contributed by atoms with Gasteiger partial charge in [-0.15, -0.1) is 11.3 Å². The number of benzene rings is 1. The van der Waals surface area contributed by atoms with E-state index in [9.17, 15) is 9.59 Å². The van der Waals surface area contributed by atoms with Crippen LogP contribution in [-0.2, 0) is 11.3 Å². The van der Waals surface area contributed by atoms with Gasteiger partial charge in [-0.05, 0) is 23.6 Å². The van der Waals surface area contributed by atoms with Crippen molar-refractivity contribution in [3.8, 4) is 11.5 Å². The summed E-state index contributed by atoms with van der Waals surface area (Å²) in [5.41, 5.74) is 0.853. The van der Waals surface area contributed by atoms with E-state index in [1.807, 2.05) is 23.6 Å². The summed E-state index contributed by atoms with van der Waals surface area (Å²) >= 11 is 1.39. The third kappa shape index (κ3) is 4.82. The van der Waals surface area contributed by atoms with Crippen LogP contribution in [0.4, 0.5) is 0 Å². The summed E-state index contributed by atoms with van der Waals surface area (Å²) in [6, 6.07) is 9.02. The van der Waals surface area contributed by atoms with Crippen molar-refractivity contribution in [2.45, 2.75) is 19.4 Å². The highest BCUT2D eigenvalue weighted by Gasteiger charge is 2.11. The minimum Gasteiger partial charge on any atom is -0.497 e. The largest absolute Gasteiger partial charge is 0.497 e. The molecule has 0 aliphatic rings. The molecule has 0 radical (unpaired) electrons. The zero-order valence-electron chi connectivity index (χ0n) is 13.1. The number of hydrogen-bond donors (Lipinski definition) is 1. The molecule has 5 nitrogen and oxygen atoms in total. The number of nitrogens with one attached hydrogen (secondary N) is 1. The van der Waals surface area contributed by atoms with Crippen molar-refractivity contribution in [1.29, 1.82) is 0 Å². The Morgan fingerprint density at radius 1 is 1.13 bits per heavy atom. The molecular formula is C17H19NO4S. The number of rotatable bonds is 8. The predicted molar refractivity (Wildman–Crippen MR) is 89.3 cm³/mol. The van der Waals surface area contributed by atoms with Gasteiger partial charge in [0.15, 0.2) is 5.78 Å². The highest BCUT2D eigenvalue weighted by Crippen LogP contribution is 2.24. The molecule has 0 spiro atoms. The Kier molecular flexibility index (Phi) is 6.17. The van der Waals surface area contributed by atoms with Crippen molar-refractivity contribution in [3.63, 3.8) is 0 Å². The van der Waals surface area contributed by atoms with Crippen LogP contribution in [0, 0.1) is 0 Å². The molecule has 0 atom stereocenters. The van der Waals surface area contributed by atoms with Crippen LogP contribution in [0.15, 0.2) is 35.7 Å². The van der Waals surface area contributed by atoms with Crippen LogP contribution >= 0.6 is 11.3 Å². The standard InChI is InChI=1S/C17H19NO4S/c1-21-13-6-5-12(15(10-13)22-2)11-18-17(20)8-7-14(19)16-4-3-9-23-16/h3-6,9-10H,7-8,11H2,1-2H3,(H,18,20). The highest BCUT2D eigenvalue weighted by atomic mass is 32.1. The Labute approximate surface area is 139 Å². The van der Waals surface area contributed by atoms with Crippen LogP contribution < -0.4 is 14.8 Å². The molecule has 1 heterocycles. The lowest BCUT2D eigenvalue weighted by Gasteiger charge is -2.11. The molecule has 0 aliphatic carbocycles.